The third-order valence-corrected chi connectivity index (χ3v) is 7.39. The second-order valence-corrected chi connectivity index (χ2v) is 10.5. The van der Waals surface area contributed by atoms with E-state index in [1.165, 1.54) is 12.1 Å². The van der Waals surface area contributed by atoms with Crippen LogP contribution in [0.1, 0.15) is 22.3 Å². The van der Waals surface area contributed by atoms with Crippen molar-refractivity contribution in [3.05, 3.63) is 93.0 Å². The van der Waals surface area contributed by atoms with Crippen molar-refractivity contribution < 1.29 is 13.2 Å². The number of hydrogen-bond donors (Lipinski definition) is 1. The van der Waals surface area contributed by atoms with Gasteiger partial charge < -0.3 is 5.32 Å². The van der Waals surface area contributed by atoms with Gasteiger partial charge >= 0.3 is 0 Å². The summed E-state index contributed by atoms with van der Waals surface area (Å²) >= 11 is 12.6. The molecule has 0 saturated heterocycles. The van der Waals surface area contributed by atoms with Crippen LogP contribution in [0.4, 0.5) is 5.69 Å². The van der Waals surface area contributed by atoms with Crippen LogP contribution in [-0.2, 0) is 21.4 Å². The second kappa shape index (κ2) is 10.0. The zero-order chi connectivity index (χ0) is 23.5. The molecule has 0 unspecified atom stereocenters. The number of aryl methyl sites for hydroxylation is 3. The number of anilines is 1. The summed E-state index contributed by atoms with van der Waals surface area (Å²) in [5.41, 5.74) is 3.96. The molecule has 0 saturated carbocycles. The van der Waals surface area contributed by atoms with Crippen molar-refractivity contribution in [3.8, 4) is 0 Å². The van der Waals surface area contributed by atoms with E-state index in [9.17, 15) is 13.2 Å². The molecule has 5 nitrogen and oxygen atoms in total. The summed E-state index contributed by atoms with van der Waals surface area (Å²) in [6, 6.07) is 17.1. The predicted octanol–water partition coefficient (Wildman–Crippen LogP) is 5.75. The fourth-order valence-electron chi connectivity index (χ4n) is 3.35. The maximum atomic E-state index is 13.4. The molecular formula is C24H24Cl2N2O3S. The Kier molecular flexibility index (Phi) is 7.62. The molecule has 0 aromatic heterocycles. The van der Waals surface area contributed by atoms with Crippen LogP contribution in [0, 0.1) is 20.8 Å². The van der Waals surface area contributed by atoms with E-state index in [2.05, 4.69) is 5.32 Å². The highest BCUT2D eigenvalue weighted by atomic mass is 35.5. The SMILES string of the molecule is Cc1ccc(S(=O)(=O)N(CC(=O)Nc2cc(C)cc(C)c2)Cc2c(Cl)cccc2Cl)cc1. The minimum Gasteiger partial charge on any atom is -0.325 e. The molecule has 0 atom stereocenters. The van der Waals surface area contributed by atoms with Gasteiger partial charge in [0.05, 0.1) is 11.4 Å². The molecule has 32 heavy (non-hydrogen) atoms. The number of halogens is 2. The number of nitrogens with zero attached hydrogens (tertiary/aromatic N) is 1. The van der Waals surface area contributed by atoms with Gasteiger partial charge in [-0.1, -0.05) is 53.0 Å². The smallest absolute Gasteiger partial charge is 0.243 e. The molecule has 0 aliphatic heterocycles. The fraction of sp³-hybridized carbons (Fsp3) is 0.208. The second-order valence-electron chi connectivity index (χ2n) is 7.71. The van der Waals surface area contributed by atoms with Crippen LogP contribution < -0.4 is 5.32 Å². The number of amides is 1. The Labute approximate surface area is 199 Å². The monoisotopic (exact) mass is 490 g/mol. The molecule has 0 aliphatic rings. The Bertz CT molecular complexity index is 1200. The Balaban J connectivity index is 1.94. The first kappa shape index (κ1) is 24.3. The minimum atomic E-state index is -4.00. The molecule has 0 radical (unpaired) electrons. The van der Waals surface area contributed by atoms with E-state index < -0.39 is 22.5 Å². The van der Waals surface area contributed by atoms with E-state index in [4.69, 9.17) is 23.2 Å². The average molecular weight is 491 g/mol. The summed E-state index contributed by atoms with van der Waals surface area (Å²) in [7, 11) is -4.00. The van der Waals surface area contributed by atoms with Gasteiger partial charge in [-0.15, -0.1) is 0 Å². The van der Waals surface area contributed by atoms with Gasteiger partial charge in [0.25, 0.3) is 0 Å². The van der Waals surface area contributed by atoms with Crippen LogP contribution in [0.25, 0.3) is 0 Å². The molecule has 1 N–H and O–H groups in total. The first-order valence-electron chi connectivity index (χ1n) is 9.94. The number of benzene rings is 3. The van der Waals surface area contributed by atoms with Crippen LogP contribution in [-0.4, -0.2) is 25.2 Å². The Morgan fingerprint density at radius 3 is 2.00 bits per heavy atom. The van der Waals surface area contributed by atoms with Gasteiger partial charge in [-0.3, -0.25) is 4.79 Å². The molecule has 3 aromatic carbocycles. The molecular weight excluding hydrogens is 467 g/mol. The van der Waals surface area contributed by atoms with E-state index in [1.54, 1.807) is 30.3 Å². The van der Waals surface area contributed by atoms with Gasteiger partial charge in [0.2, 0.25) is 15.9 Å². The summed E-state index contributed by atoms with van der Waals surface area (Å²) in [5, 5.41) is 3.45. The number of carbonyl (C=O) groups is 1. The predicted molar refractivity (Wildman–Crippen MR) is 130 cm³/mol. The molecule has 0 fully saturated rings. The van der Waals surface area contributed by atoms with Crippen molar-refractivity contribution in [2.75, 3.05) is 11.9 Å². The van der Waals surface area contributed by atoms with Crippen LogP contribution in [0.3, 0.4) is 0 Å². The van der Waals surface area contributed by atoms with Gasteiger partial charge in [-0.05, 0) is 68.3 Å². The van der Waals surface area contributed by atoms with Gasteiger partial charge in [0.1, 0.15) is 0 Å². The normalized spacial score (nSPS) is 11.6. The molecule has 1 amide bonds. The van der Waals surface area contributed by atoms with Gasteiger partial charge in [0.15, 0.2) is 0 Å². The summed E-state index contributed by atoms with van der Waals surface area (Å²) in [6.07, 6.45) is 0. The zero-order valence-corrected chi connectivity index (χ0v) is 20.4. The summed E-state index contributed by atoms with van der Waals surface area (Å²) in [5.74, 6) is -0.464. The average Bonchev–Trinajstić information content (AvgIpc) is 2.69. The molecule has 3 aromatic rings. The maximum absolute atomic E-state index is 13.4. The van der Waals surface area contributed by atoms with Crippen LogP contribution >= 0.6 is 23.2 Å². The van der Waals surface area contributed by atoms with E-state index in [0.717, 1.165) is 21.0 Å². The number of nitrogens with one attached hydrogen (secondary N) is 1. The lowest BCUT2D eigenvalue weighted by molar-refractivity contribution is -0.116. The first-order valence-corrected chi connectivity index (χ1v) is 12.1. The number of carbonyl (C=O) groups excluding carboxylic acids is 1. The number of rotatable bonds is 7. The lowest BCUT2D eigenvalue weighted by Crippen LogP contribution is -2.37. The van der Waals surface area contributed by atoms with E-state index in [0.29, 0.717) is 21.3 Å². The molecule has 8 heteroatoms. The van der Waals surface area contributed by atoms with Crippen molar-refractivity contribution in [1.29, 1.82) is 0 Å². The molecule has 0 aliphatic carbocycles. The largest absolute Gasteiger partial charge is 0.325 e. The highest BCUT2D eigenvalue weighted by Crippen LogP contribution is 2.28. The molecule has 0 heterocycles. The van der Waals surface area contributed by atoms with Gasteiger partial charge in [0, 0.05) is 27.8 Å². The molecule has 0 bridgehead atoms. The van der Waals surface area contributed by atoms with Crippen LogP contribution in [0.15, 0.2) is 65.6 Å². The number of sulfonamides is 1. The van der Waals surface area contributed by atoms with Crippen molar-refractivity contribution >= 4 is 44.8 Å². The third-order valence-electron chi connectivity index (χ3n) is 4.88. The fourth-order valence-corrected chi connectivity index (χ4v) is 5.23. The Morgan fingerprint density at radius 2 is 1.44 bits per heavy atom. The van der Waals surface area contributed by atoms with Gasteiger partial charge in [-0.2, -0.15) is 4.31 Å². The van der Waals surface area contributed by atoms with Gasteiger partial charge in [-0.25, -0.2) is 8.42 Å². The standard InChI is InChI=1S/C24H24Cl2N2O3S/c1-16-7-9-20(10-8-16)32(30,31)28(14-21-22(25)5-4-6-23(21)26)15-24(29)27-19-12-17(2)11-18(3)13-19/h4-13H,14-15H2,1-3H3,(H,27,29). The molecule has 3 rings (SSSR count). The Morgan fingerprint density at radius 1 is 0.875 bits per heavy atom. The van der Waals surface area contributed by atoms with Crippen LogP contribution in [0.2, 0.25) is 10.0 Å². The summed E-state index contributed by atoms with van der Waals surface area (Å²) < 4.78 is 27.9. The van der Waals surface area contributed by atoms with E-state index in [1.807, 2.05) is 39.0 Å². The van der Waals surface area contributed by atoms with Crippen molar-refractivity contribution in [3.63, 3.8) is 0 Å². The van der Waals surface area contributed by atoms with Crippen molar-refractivity contribution in [2.45, 2.75) is 32.2 Å². The maximum Gasteiger partial charge on any atom is 0.243 e. The molecule has 168 valence electrons. The molecule has 0 spiro atoms. The zero-order valence-electron chi connectivity index (χ0n) is 18.0. The quantitative estimate of drug-likeness (QED) is 0.458. The first-order chi connectivity index (χ1) is 15.1. The minimum absolute atomic E-state index is 0.0884. The van der Waals surface area contributed by atoms with Crippen molar-refractivity contribution in [1.82, 2.24) is 4.31 Å². The highest BCUT2D eigenvalue weighted by Gasteiger charge is 2.28. The summed E-state index contributed by atoms with van der Waals surface area (Å²) in [4.78, 5) is 12.9. The lowest BCUT2D eigenvalue weighted by atomic mass is 10.1. The van der Waals surface area contributed by atoms with E-state index in [-0.39, 0.29) is 11.4 Å². The summed E-state index contributed by atoms with van der Waals surface area (Å²) in [6.45, 7) is 5.18. The van der Waals surface area contributed by atoms with E-state index >= 15 is 0 Å². The van der Waals surface area contributed by atoms with Crippen molar-refractivity contribution in [2.24, 2.45) is 0 Å². The number of hydrogen-bond acceptors (Lipinski definition) is 3. The Hall–Kier alpha value is -2.38. The highest BCUT2D eigenvalue weighted by molar-refractivity contribution is 7.89. The topological polar surface area (TPSA) is 66.5 Å². The lowest BCUT2D eigenvalue weighted by Gasteiger charge is -2.23. The van der Waals surface area contributed by atoms with Crippen LogP contribution in [0.5, 0.6) is 0 Å². The third kappa shape index (κ3) is 5.90.